The van der Waals surface area contributed by atoms with Crippen LogP contribution in [0.5, 0.6) is 0 Å². The quantitative estimate of drug-likeness (QED) is 0.830. The summed E-state index contributed by atoms with van der Waals surface area (Å²) in [7, 11) is -3.20. The zero-order valence-electron chi connectivity index (χ0n) is 13.4. The monoisotopic (exact) mass is 376 g/mol. The van der Waals surface area contributed by atoms with E-state index in [0.717, 1.165) is 5.56 Å². The number of hydrogen-bond acceptors (Lipinski definition) is 3. The molecule has 0 unspecified atom stereocenters. The Labute approximate surface area is 152 Å². The Balaban J connectivity index is 1.65. The van der Waals surface area contributed by atoms with Crippen molar-refractivity contribution in [1.82, 2.24) is 0 Å². The highest BCUT2D eigenvalue weighted by Crippen LogP contribution is 2.25. The maximum atomic E-state index is 12.0. The number of halogens is 1. The van der Waals surface area contributed by atoms with Crippen LogP contribution in [-0.4, -0.2) is 26.6 Å². The van der Waals surface area contributed by atoms with Gasteiger partial charge in [-0.05, 0) is 48.4 Å². The number of hydrogen-bond donors (Lipinski definition) is 1. The number of carbonyl (C=O) groups is 1. The van der Waals surface area contributed by atoms with E-state index in [4.69, 9.17) is 11.6 Å². The first-order valence-electron chi connectivity index (χ1n) is 7.80. The summed E-state index contributed by atoms with van der Waals surface area (Å²) in [5, 5.41) is 3.31. The Morgan fingerprint density at radius 2 is 1.84 bits per heavy atom. The molecule has 2 aromatic rings. The molecule has 3 rings (SSSR count). The Morgan fingerprint density at radius 1 is 1.12 bits per heavy atom. The van der Waals surface area contributed by atoms with E-state index in [-0.39, 0.29) is 11.7 Å². The van der Waals surface area contributed by atoms with Crippen molar-refractivity contribution in [3.63, 3.8) is 0 Å². The van der Waals surface area contributed by atoms with Gasteiger partial charge in [0.1, 0.15) is 0 Å². The largest absolute Gasteiger partial charge is 0.323 e. The van der Waals surface area contributed by atoms with Gasteiger partial charge in [0.25, 0.3) is 0 Å². The van der Waals surface area contributed by atoms with Crippen LogP contribution in [-0.2, 0) is 14.8 Å². The van der Waals surface area contributed by atoms with Crippen molar-refractivity contribution in [2.75, 3.05) is 21.9 Å². The third-order valence-electron chi connectivity index (χ3n) is 3.84. The van der Waals surface area contributed by atoms with Gasteiger partial charge in [0.15, 0.2) is 0 Å². The first-order valence-corrected chi connectivity index (χ1v) is 9.78. The molecule has 0 radical (unpaired) electrons. The van der Waals surface area contributed by atoms with Crippen LogP contribution >= 0.6 is 11.6 Å². The third-order valence-corrected chi connectivity index (χ3v) is 6.06. The fraction of sp³-hybridized carbons (Fsp3) is 0.167. The number of nitrogens with zero attached hydrogens (tertiary/aromatic N) is 1. The number of sulfonamides is 1. The third kappa shape index (κ3) is 4.21. The molecule has 0 saturated carbocycles. The van der Waals surface area contributed by atoms with Crippen LogP contribution in [0, 0.1) is 0 Å². The molecule has 1 aliphatic heterocycles. The fourth-order valence-electron chi connectivity index (χ4n) is 2.60. The van der Waals surface area contributed by atoms with Crippen LogP contribution in [0.15, 0.2) is 54.6 Å². The van der Waals surface area contributed by atoms with Crippen LogP contribution in [0.25, 0.3) is 6.08 Å². The SMILES string of the molecule is O=C(/C=C/c1ccccc1Cl)Nc1ccc(N2CCCS2(=O)=O)cc1. The summed E-state index contributed by atoms with van der Waals surface area (Å²) in [6.07, 6.45) is 3.68. The number of carbonyl (C=O) groups excluding carboxylic acids is 1. The second-order valence-corrected chi connectivity index (χ2v) is 8.05. The molecule has 25 heavy (non-hydrogen) atoms. The Hall–Kier alpha value is -2.31. The molecule has 1 aliphatic rings. The highest BCUT2D eigenvalue weighted by molar-refractivity contribution is 7.93. The van der Waals surface area contributed by atoms with Crippen molar-refractivity contribution in [2.45, 2.75) is 6.42 Å². The first-order chi connectivity index (χ1) is 12.0. The minimum absolute atomic E-state index is 0.179. The fourth-order valence-corrected chi connectivity index (χ4v) is 4.36. The Bertz CT molecular complexity index is 908. The Kier molecular flexibility index (Phi) is 5.11. The number of benzene rings is 2. The van der Waals surface area contributed by atoms with Gasteiger partial charge >= 0.3 is 0 Å². The summed E-state index contributed by atoms with van der Waals surface area (Å²) in [5.41, 5.74) is 1.96. The molecule has 0 aromatic heterocycles. The van der Waals surface area contributed by atoms with Gasteiger partial charge in [-0.3, -0.25) is 9.10 Å². The summed E-state index contributed by atoms with van der Waals surface area (Å²) in [5.74, 6) is -0.111. The van der Waals surface area contributed by atoms with E-state index in [1.165, 1.54) is 10.4 Å². The van der Waals surface area contributed by atoms with E-state index in [1.807, 2.05) is 18.2 Å². The molecule has 1 amide bonds. The molecule has 1 saturated heterocycles. The minimum atomic E-state index is -3.20. The summed E-state index contributed by atoms with van der Waals surface area (Å²) in [6.45, 7) is 0.495. The molecule has 1 heterocycles. The maximum absolute atomic E-state index is 12.0. The summed E-state index contributed by atoms with van der Waals surface area (Å²) in [4.78, 5) is 12.0. The van der Waals surface area contributed by atoms with Crippen molar-refractivity contribution in [1.29, 1.82) is 0 Å². The smallest absolute Gasteiger partial charge is 0.248 e. The zero-order valence-corrected chi connectivity index (χ0v) is 14.9. The van der Waals surface area contributed by atoms with Crippen LogP contribution in [0.1, 0.15) is 12.0 Å². The molecule has 0 spiro atoms. The van der Waals surface area contributed by atoms with Gasteiger partial charge in [0, 0.05) is 23.3 Å². The van der Waals surface area contributed by atoms with E-state index in [2.05, 4.69) is 5.32 Å². The van der Waals surface area contributed by atoms with Gasteiger partial charge in [0.2, 0.25) is 15.9 Å². The van der Waals surface area contributed by atoms with E-state index in [1.54, 1.807) is 36.4 Å². The minimum Gasteiger partial charge on any atom is -0.323 e. The van der Waals surface area contributed by atoms with Crippen LogP contribution in [0.3, 0.4) is 0 Å². The van der Waals surface area contributed by atoms with Crippen molar-refractivity contribution < 1.29 is 13.2 Å². The molecular weight excluding hydrogens is 360 g/mol. The summed E-state index contributed by atoms with van der Waals surface area (Å²) >= 11 is 6.03. The van der Waals surface area contributed by atoms with Gasteiger partial charge in [-0.25, -0.2) is 8.42 Å². The van der Waals surface area contributed by atoms with Crippen molar-refractivity contribution in [3.05, 3.63) is 65.2 Å². The van der Waals surface area contributed by atoms with Crippen LogP contribution in [0.2, 0.25) is 5.02 Å². The molecule has 1 fully saturated rings. The van der Waals surface area contributed by atoms with Crippen molar-refractivity contribution in [2.24, 2.45) is 0 Å². The molecular formula is C18H17ClN2O3S. The van der Waals surface area contributed by atoms with E-state index in [0.29, 0.717) is 29.4 Å². The van der Waals surface area contributed by atoms with E-state index < -0.39 is 10.0 Å². The number of rotatable bonds is 4. The molecule has 5 nitrogen and oxygen atoms in total. The molecule has 0 atom stereocenters. The highest BCUT2D eigenvalue weighted by Gasteiger charge is 2.28. The molecule has 130 valence electrons. The molecule has 2 aromatic carbocycles. The second-order valence-electron chi connectivity index (χ2n) is 5.63. The molecule has 1 N–H and O–H groups in total. The lowest BCUT2D eigenvalue weighted by molar-refractivity contribution is -0.111. The molecule has 7 heteroatoms. The van der Waals surface area contributed by atoms with Gasteiger partial charge in [-0.1, -0.05) is 29.8 Å². The summed E-state index contributed by atoms with van der Waals surface area (Å²) in [6, 6.07) is 14.0. The number of nitrogens with one attached hydrogen (secondary N) is 1. The predicted molar refractivity (Wildman–Crippen MR) is 101 cm³/mol. The predicted octanol–water partition coefficient (Wildman–Crippen LogP) is 3.53. The maximum Gasteiger partial charge on any atom is 0.248 e. The van der Waals surface area contributed by atoms with E-state index >= 15 is 0 Å². The van der Waals surface area contributed by atoms with Gasteiger partial charge < -0.3 is 5.32 Å². The first kappa shape index (κ1) is 17.5. The van der Waals surface area contributed by atoms with Gasteiger partial charge in [0.05, 0.1) is 11.4 Å². The van der Waals surface area contributed by atoms with Crippen LogP contribution < -0.4 is 9.62 Å². The standard InChI is InChI=1S/C18H17ClN2O3S/c19-17-5-2-1-4-14(17)6-11-18(22)20-15-7-9-16(10-8-15)21-12-3-13-25(21,23)24/h1-2,4-11H,3,12-13H2,(H,20,22)/b11-6+. The van der Waals surface area contributed by atoms with E-state index in [9.17, 15) is 13.2 Å². The zero-order chi connectivity index (χ0) is 17.9. The van der Waals surface area contributed by atoms with Gasteiger partial charge in [-0.2, -0.15) is 0 Å². The summed E-state index contributed by atoms with van der Waals surface area (Å²) < 4.78 is 25.2. The average Bonchev–Trinajstić information content (AvgIpc) is 2.94. The van der Waals surface area contributed by atoms with Gasteiger partial charge in [-0.15, -0.1) is 0 Å². The normalized spacial score (nSPS) is 16.3. The topological polar surface area (TPSA) is 66.5 Å². The Morgan fingerprint density at radius 3 is 2.48 bits per heavy atom. The number of amides is 1. The number of anilines is 2. The lowest BCUT2D eigenvalue weighted by atomic mass is 10.2. The van der Waals surface area contributed by atoms with Crippen molar-refractivity contribution >= 4 is 45.0 Å². The van der Waals surface area contributed by atoms with Crippen LogP contribution in [0.4, 0.5) is 11.4 Å². The lowest BCUT2D eigenvalue weighted by Crippen LogP contribution is -2.24. The average molecular weight is 377 g/mol. The second kappa shape index (κ2) is 7.29. The molecule has 0 aliphatic carbocycles. The highest BCUT2D eigenvalue weighted by atomic mass is 35.5. The molecule has 0 bridgehead atoms. The lowest BCUT2D eigenvalue weighted by Gasteiger charge is -2.17. The van der Waals surface area contributed by atoms with Crippen molar-refractivity contribution in [3.8, 4) is 0 Å².